The lowest BCUT2D eigenvalue weighted by Crippen LogP contribution is -2.23. The van der Waals surface area contributed by atoms with Crippen LogP contribution in [-0.2, 0) is 13.5 Å². The molecule has 24 heavy (non-hydrogen) atoms. The molecule has 126 valence electrons. The molecule has 1 aliphatic heterocycles. The van der Waals surface area contributed by atoms with Crippen molar-refractivity contribution in [3.8, 4) is 0 Å². The van der Waals surface area contributed by atoms with Crippen LogP contribution in [0.4, 0.5) is 5.82 Å². The van der Waals surface area contributed by atoms with Gasteiger partial charge < -0.3 is 10.0 Å². The van der Waals surface area contributed by atoms with Crippen LogP contribution in [0.25, 0.3) is 11.0 Å². The van der Waals surface area contributed by atoms with Gasteiger partial charge in [-0.25, -0.2) is 9.97 Å². The molecular weight excluding hydrogens is 306 g/mol. The number of anilines is 1. The van der Waals surface area contributed by atoms with Crippen LogP contribution in [0.2, 0.25) is 0 Å². The SMILES string of the molecule is Cc1nc(N2C[C@@H](Cc3cc(C)[nH]n3)[C@@H](O)C2)c2cnn(C)c2n1. The predicted molar refractivity (Wildman–Crippen MR) is 89.8 cm³/mol. The third kappa shape index (κ3) is 2.52. The molecule has 0 bridgehead atoms. The maximum absolute atomic E-state index is 10.5. The Hall–Kier alpha value is -2.48. The van der Waals surface area contributed by atoms with Crippen LogP contribution in [0.3, 0.4) is 0 Å². The standard InChI is InChI=1S/C16H21N7O/c1-9-4-12(21-20-9)5-11-7-23(8-14(11)24)16-13-6-17-22(3)15(13)18-10(2)19-16/h4,6,11,14,24H,5,7-8H2,1-3H3,(H,20,21)/t11-,14+/m1/s1. The average molecular weight is 327 g/mol. The lowest BCUT2D eigenvalue weighted by molar-refractivity contribution is 0.148. The molecule has 8 heteroatoms. The number of rotatable bonds is 3. The highest BCUT2D eigenvalue weighted by Gasteiger charge is 2.33. The minimum absolute atomic E-state index is 0.134. The van der Waals surface area contributed by atoms with Crippen molar-refractivity contribution in [1.82, 2.24) is 29.9 Å². The molecule has 0 amide bonds. The third-order valence-electron chi connectivity index (χ3n) is 4.62. The van der Waals surface area contributed by atoms with Crippen LogP contribution in [0.15, 0.2) is 12.3 Å². The molecule has 0 spiro atoms. The van der Waals surface area contributed by atoms with E-state index in [1.807, 2.05) is 27.0 Å². The van der Waals surface area contributed by atoms with Crippen LogP contribution < -0.4 is 4.90 Å². The molecule has 1 saturated heterocycles. The fraction of sp³-hybridized carbons (Fsp3) is 0.500. The van der Waals surface area contributed by atoms with E-state index >= 15 is 0 Å². The van der Waals surface area contributed by atoms with Gasteiger partial charge in [-0.1, -0.05) is 0 Å². The number of nitrogens with zero attached hydrogens (tertiary/aromatic N) is 6. The fourth-order valence-corrected chi connectivity index (χ4v) is 3.43. The molecule has 1 aliphatic rings. The van der Waals surface area contributed by atoms with Crippen molar-refractivity contribution in [2.75, 3.05) is 18.0 Å². The zero-order valence-corrected chi connectivity index (χ0v) is 14.1. The van der Waals surface area contributed by atoms with Crippen molar-refractivity contribution in [3.63, 3.8) is 0 Å². The van der Waals surface area contributed by atoms with E-state index in [2.05, 4.69) is 30.2 Å². The molecule has 3 aromatic rings. The minimum atomic E-state index is -0.399. The lowest BCUT2D eigenvalue weighted by Gasteiger charge is -2.18. The first kappa shape index (κ1) is 15.1. The Morgan fingerprint density at radius 2 is 2.12 bits per heavy atom. The number of aromatic nitrogens is 6. The topological polar surface area (TPSA) is 95.8 Å². The number of hydrogen-bond acceptors (Lipinski definition) is 6. The van der Waals surface area contributed by atoms with E-state index in [4.69, 9.17) is 0 Å². The van der Waals surface area contributed by atoms with Crippen molar-refractivity contribution >= 4 is 16.9 Å². The Labute approximate surface area is 139 Å². The molecule has 4 rings (SSSR count). The Balaban J connectivity index is 1.62. The van der Waals surface area contributed by atoms with Gasteiger partial charge in [0.2, 0.25) is 0 Å². The third-order valence-corrected chi connectivity index (χ3v) is 4.62. The van der Waals surface area contributed by atoms with Gasteiger partial charge in [0.15, 0.2) is 5.65 Å². The quantitative estimate of drug-likeness (QED) is 0.737. The number of fused-ring (bicyclic) bond motifs is 1. The van der Waals surface area contributed by atoms with Gasteiger partial charge in [0.1, 0.15) is 11.6 Å². The minimum Gasteiger partial charge on any atom is -0.391 e. The Morgan fingerprint density at radius 3 is 2.88 bits per heavy atom. The average Bonchev–Trinajstić information content (AvgIpc) is 3.21. The van der Waals surface area contributed by atoms with Gasteiger partial charge in [0.25, 0.3) is 0 Å². The highest BCUT2D eigenvalue weighted by Crippen LogP contribution is 2.30. The highest BCUT2D eigenvalue weighted by atomic mass is 16.3. The molecule has 2 atom stereocenters. The van der Waals surface area contributed by atoms with E-state index in [0.29, 0.717) is 12.4 Å². The first-order chi connectivity index (χ1) is 11.5. The van der Waals surface area contributed by atoms with Gasteiger partial charge in [0.05, 0.1) is 23.4 Å². The summed E-state index contributed by atoms with van der Waals surface area (Å²) in [5.74, 6) is 1.70. The second kappa shape index (κ2) is 5.55. The normalized spacial score (nSPS) is 21.1. The molecule has 0 unspecified atom stereocenters. The van der Waals surface area contributed by atoms with Crippen LogP contribution in [-0.4, -0.2) is 54.2 Å². The number of β-amino-alcohol motifs (C(OH)–C–C–N with tert-alkyl or cyclic N) is 1. The summed E-state index contributed by atoms with van der Waals surface area (Å²) in [6.07, 6.45) is 2.15. The molecule has 2 N–H and O–H groups in total. The van der Waals surface area contributed by atoms with Crippen LogP contribution in [0.5, 0.6) is 0 Å². The Bertz CT molecular complexity index is 884. The monoisotopic (exact) mass is 327 g/mol. The molecular formula is C16H21N7O. The molecule has 0 saturated carbocycles. The summed E-state index contributed by atoms with van der Waals surface area (Å²) in [7, 11) is 1.88. The van der Waals surface area contributed by atoms with Gasteiger partial charge in [-0.2, -0.15) is 10.2 Å². The lowest BCUT2D eigenvalue weighted by atomic mass is 10.0. The summed E-state index contributed by atoms with van der Waals surface area (Å²) < 4.78 is 1.75. The highest BCUT2D eigenvalue weighted by molar-refractivity contribution is 5.87. The molecule has 1 fully saturated rings. The molecule has 4 heterocycles. The number of nitrogens with one attached hydrogen (secondary N) is 1. The van der Waals surface area contributed by atoms with Crippen molar-refractivity contribution < 1.29 is 5.11 Å². The predicted octanol–water partition coefficient (Wildman–Crippen LogP) is 0.743. The smallest absolute Gasteiger partial charge is 0.163 e. The zero-order chi connectivity index (χ0) is 16.8. The number of aliphatic hydroxyl groups is 1. The summed E-state index contributed by atoms with van der Waals surface area (Å²) in [4.78, 5) is 11.2. The van der Waals surface area contributed by atoms with E-state index in [0.717, 1.165) is 41.2 Å². The van der Waals surface area contributed by atoms with Crippen LogP contribution in [0.1, 0.15) is 17.2 Å². The zero-order valence-electron chi connectivity index (χ0n) is 14.1. The summed E-state index contributed by atoms with van der Waals surface area (Å²) in [5.41, 5.74) is 2.85. The van der Waals surface area contributed by atoms with Crippen molar-refractivity contribution in [3.05, 3.63) is 29.5 Å². The number of aromatic amines is 1. The summed E-state index contributed by atoms with van der Waals surface area (Å²) >= 11 is 0. The Morgan fingerprint density at radius 1 is 1.29 bits per heavy atom. The van der Waals surface area contributed by atoms with Crippen molar-refractivity contribution in [2.24, 2.45) is 13.0 Å². The van der Waals surface area contributed by atoms with E-state index in [-0.39, 0.29) is 5.92 Å². The Kier molecular flexibility index (Phi) is 3.49. The maximum Gasteiger partial charge on any atom is 0.163 e. The number of H-pyrrole nitrogens is 1. The van der Waals surface area contributed by atoms with Gasteiger partial charge in [-0.15, -0.1) is 0 Å². The van der Waals surface area contributed by atoms with E-state index in [1.165, 1.54) is 0 Å². The molecule has 0 aliphatic carbocycles. The first-order valence-corrected chi connectivity index (χ1v) is 8.11. The van der Waals surface area contributed by atoms with Crippen LogP contribution in [0, 0.1) is 19.8 Å². The van der Waals surface area contributed by atoms with Gasteiger partial charge in [-0.3, -0.25) is 9.78 Å². The van der Waals surface area contributed by atoms with E-state index < -0.39 is 6.10 Å². The van der Waals surface area contributed by atoms with Gasteiger partial charge in [0, 0.05) is 31.7 Å². The second-order valence-electron chi connectivity index (χ2n) is 6.58. The summed E-state index contributed by atoms with van der Waals surface area (Å²) in [5, 5.41) is 22.9. The van der Waals surface area contributed by atoms with E-state index in [1.54, 1.807) is 10.9 Å². The molecule has 3 aromatic heterocycles. The number of aliphatic hydroxyl groups excluding tert-OH is 1. The second-order valence-corrected chi connectivity index (χ2v) is 6.58. The fourth-order valence-electron chi connectivity index (χ4n) is 3.43. The molecule has 0 aromatic carbocycles. The van der Waals surface area contributed by atoms with Crippen molar-refractivity contribution in [2.45, 2.75) is 26.4 Å². The van der Waals surface area contributed by atoms with Gasteiger partial charge >= 0.3 is 0 Å². The van der Waals surface area contributed by atoms with E-state index in [9.17, 15) is 5.11 Å². The number of hydrogen-bond donors (Lipinski definition) is 2. The van der Waals surface area contributed by atoms with Crippen molar-refractivity contribution in [1.29, 1.82) is 0 Å². The molecule has 0 radical (unpaired) electrons. The summed E-state index contributed by atoms with van der Waals surface area (Å²) in [6, 6.07) is 2.03. The van der Waals surface area contributed by atoms with Gasteiger partial charge in [-0.05, 0) is 26.3 Å². The maximum atomic E-state index is 10.5. The number of aryl methyl sites for hydroxylation is 3. The van der Waals surface area contributed by atoms with Crippen LogP contribution >= 0.6 is 0 Å². The first-order valence-electron chi connectivity index (χ1n) is 8.11. The molecule has 8 nitrogen and oxygen atoms in total. The largest absolute Gasteiger partial charge is 0.391 e. The summed E-state index contributed by atoms with van der Waals surface area (Å²) in [6.45, 7) is 5.17.